The third-order valence-electron chi connectivity index (χ3n) is 1.93. The van der Waals surface area contributed by atoms with Crippen molar-refractivity contribution in [2.24, 2.45) is 5.84 Å². The van der Waals surface area contributed by atoms with E-state index in [1.165, 1.54) is 0 Å². The second kappa shape index (κ2) is 6.00. The highest BCUT2D eigenvalue weighted by molar-refractivity contribution is 5.85. The molecule has 1 fully saturated rings. The number of ether oxygens (including phenoxy) is 1. The van der Waals surface area contributed by atoms with Crippen LogP contribution in [0.4, 0.5) is 0 Å². The first kappa shape index (κ1) is 15.0. The summed E-state index contributed by atoms with van der Waals surface area (Å²) in [6.45, 7) is 5.01. The summed E-state index contributed by atoms with van der Waals surface area (Å²) in [6.07, 6.45) is 2.03. The Hall–Kier alpha value is 0.460. The van der Waals surface area contributed by atoms with E-state index in [0.717, 1.165) is 19.4 Å². The van der Waals surface area contributed by atoms with Gasteiger partial charge in [0.2, 0.25) is 0 Å². The molecule has 76 valence electrons. The molecule has 0 aliphatic carbocycles. The van der Waals surface area contributed by atoms with Gasteiger partial charge in [-0.15, -0.1) is 24.8 Å². The minimum absolute atomic E-state index is 0. The molecular weight excluding hydrogens is 199 g/mol. The van der Waals surface area contributed by atoms with Crippen LogP contribution < -0.4 is 11.3 Å². The molecule has 12 heavy (non-hydrogen) atoms. The molecule has 0 saturated carbocycles. The summed E-state index contributed by atoms with van der Waals surface area (Å²) in [7, 11) is 0. The molecule has 1 aliphatic rings. The number of nitrogens with two attached hydrogens (primary N) is 1. The summed E-state index contributed by atoms with van der Waals surface area (Å²) in [5.41, 5.74) is 2.79. The number of halogens is 2. The molecule has 0 bridgehead atoms. The van der Waals surface area contributed by atoms with Gasteiger partial charge in [-0.1, -0.05) is 0 Å². The number of hydrazine groups is 1. The van der Waals surface area contributed by atoms with E-state index >= 15 is 0 Å². The van der Waals surface area contributed by atoms with Crippen LogP contribution in [0.3, 0.4) is 0 Å². The second-order valence-electron chi connectivity index (χ2n) is 3.46. The fraction of sp³-hybridized carbons (Fsp3) is 1.00. The van der Waals surface area contributed by atoms with E-state index in [1.807, 2.05) is 0 Å². The molecule has 1 rings (SSSR count). The van der Waals surface area contributed by atoms with Crippen molar-refractivity contribution in [1.29, 1.82) is 0 Å². The Morgan fingerprint density at radius 3 is 2.33 bits per heavy atom. The van der Waals surface area contributed by atoms with E-state index in [-0.39, 0.29) is 30.4 Å². The summed E-state index contributed by atoms with van der Waals surface area (Å²) in [5, 5.41) is 0. The van der Waals surface area contributed by atoms with Crippen LogP contribution in [0.2, 0.25) is 0 Å². The molecular formula is C7H18Cl2N2O. The van der Waals surface area contributed by atoms with Crippen molar-refractivity contribution >= 4 is 24.8 Å². The van der Waals surface area contributed by atoms with Gasteiger partial charge in [0.1, 0.15) is 0 Å². The van der Waals surface area contributed by atoms with E-state index in [4.69, 9.17) is 10.6 Å². The second-order valence-corrected chi connectivity index (χ2v) is 3.46. The minimum Gasteiger partial charge on any atom is -0.375 e. The van der Waals surface area contributed by atoms with Crippen molar-refractivity contribution < 1.29 is 4.74 Å². The molecule has 0 radical (unpaired) electrons. The van der Waals surface area contributed by atoms with Crippen LogP contribution in [0, 0.1) is 0 Å². The summed E-state index contributed by atoms with van der Waals surface area (Å²) in [5.74, 6) is 5.32. The number of nitrogens with one attached hydrogen (secondary N) is 1. The van der Waals surface area contributed by atoms with E-state index in [1.54, 1.807) is 0 Å². The third kappa shape index (κ3) is 4.48. The highest BCUT2D eigenvalue weighted by Gasteiger charge is 2.27. The standard InChI is InChI=1S/C7H16N2O.2ClH/c1-7(2)5-6(9-8)3-4-10-7;;/h6,9H,3-5,8H2,1-2H3;2*1H. The maximum Gasteiger partial charge on any atom is 0.0641 e. The average Bonchev–Trinajstić information content (AvgIpc) is 1.86. The van der Waals surface area contributed by atoms with E-state index in [0.29, 0.717) is 6.04 Å². The highest BCUT2D eigenvalue weighted by atomic mass is 35.5. The Bertz CT molecular complexity index is 122. The fourth-order valence-electron chi connectivity index (χ4n) is 1.37. The van der Waals surface area contributed by atoms with Gasteiger partial charge in [-0.3, -0.25) is 11.3 Å². The Balaban J connectivity index is 0. The molecule has 0 aromatic rings. The zero-order chi connectivity index (χ0) is 7.61. The van der Waals surface area contributed by atoms with Gasteiger partial charge in [-0.05, 0) is 26.7 Å². The van der Waals surface area contributed by atoms with Crippen LogP contribution in [0.5, 0.6) is 0 Å². The van der Waals surface area contributed by atoms with Gasteiger partial charge in [0.15, 0.2) is 0 Å². The van der Waals surface area contributed by atoms with E-state index < -0.39 is 0 Å². The number of hydrogen-bond acceptors (Lipinski definition) is 3. The van der Waals surface area contributed by atoms with Gasteiger partial charge in [0, 0.05) is 12.6 Å². The molecule has 3 nitrogen and oxygen atoms in total. The quantitative estimate of drug-likeness (QED) is 0.513. The molecule has 1 unspecified atom stereocenters. The monoisotopic (exact) mass is 216 g/mol. The Morgan fingerprint density at radius 2 is 2.00 bits per heavy atom. The lowest BCUT2D eigenvalue weighted by Crippen LogP contribution is -2.46. The van der Waals surface area contributed by atoms with Crippen molar-refractivity contribution in [3.05, 3.63) is 0 Å². The van der Waals surface area contributed by atoms with Crippen molar-refractivity contribution in [1.82, 2.24) is 5.43 Å². The molecule has 3 N–H and O–H groups in total. The lowest BCUT2D eigenvalue weighted by atomic mass is 9.94. The van der Waals surface area contributed by atoms with Crippen molar-refractivity contribution in [3.8, 4) is 0 Å². The van der Waals surface area contributed by atoms with Crippen molar-refractivity contribution in [3.63, 3.8) is 0 Å². The van der Waals surface area contributed by atoms with Crippen LogP contribution in [0.25, 0.3) is 0 Å². The normalized spacial score (nSPS) is 26.8. The van der Waals surface area contributed by atoms with Crippen molar-refractivity contribution in [2.75, 3.05) is 6.61 Å². The van der Waals surface area contributed by atoms with Gasteiger partial charge in [0.05, 0.1) is 5.60 Å². The van der Waals surface area contributed by atoms with E-state index in [9.17, 15) is 0 Å². The van der Waals surface area contributed by atoms with Crippen LogP contribution in [-0.4, -0.2) is 18.2 Å². The zero-order valence-corrected chi connectivity index (χ0v) is 9.13. The largest absolute Gasteiger partial charge is 0.375 e. The highest BCUT2D eigenvalue weighted by Crippen LogP contribution is 2.23. The van der Waals surface area contributed by atoms with Gasteiger partial charge < -0.3 is 4.74 Å². The molecule has 5 heteroatoms. The van der Waals surface area contributed by atoms with Gasteiger partial charge in [0.25, 0.3) is 0 Å². The third-order valence-corrected chi connectivity index (χ3v) is 1.93. The predicted molar refractivity (Wildman–Crippen MR) is 54.9 cm³/mol. The summed E-state index contributed by atoms with van der Waals surface area (Å²) in [6, 6.07) is 0.434. The molecule has 1 atom stereocenters. The molecule has 1 saturated heterocycles. The first-order valence-corrected chi connectivity index (χ1v) is 3.74. The van der Waals surface area contributed by atoms with E-state index in [2.05, 4.69) is 19.3 Å². The lowest BCUT2D eigenvalue weighted by molar-refractivity contribution is -0.0628. The van der Waals surface area contributed by atoms with Gasteiger partial charge in [-0.25, -0.2) is 0 Å². The fourth-order valence-corrected chi connectivity index (χ4v) is 1.37. The molecule has 0 spiro atoms. The first-order valence-electron chi connectivity index (χ1n) is 3.74. The molecule has 1 heterocycles. The predicted octanol–water partition coefficient (Wildman–Crippen LogP) is 1.25. The van der Waals surface area contributed by atoms with Crippen LogP contribution in [0.1, 0.15) is 26.7 Å². The smallest absolute Gasteiger partial charge is 0.0641 e. The summed E-state index contributed by atoms with van der Waals surface area (Å²) < 4.78 is 5.50. The minimum atomic E-state index is 0. The topological polar surface area (TPSA) is 47.3 Å². The molecule has 0 aromatic carbocycles. The maximum atomic E-state index is 5.50. The zero-order valence-electron chi connectivity index (χ0n) is 7.50. The van der Waals surface area contributed by atoms with Crippen LogP contribution in [0.15, 0.2) is 0 Å². The summed E-state index contributed by atoms with van der Waals surface area (Å²) in [4.78, 5) is 0. The SMILES string of the molecule is CC1(C)CC(NN)CCO1.Cl.Cl. The number of hydrogen-bond donors (Lipinski definition) is 2. The maximum absolute atomic E-state index is 5.50. The molecule has 0 aromatic heterocycles. The Labute approximate surface area is 86.2 Å². The first-order chi connectivity index (χ1) is 4.64. The molecule has 1 aliphatic heterocycles. The average molecular weight is 217 g/mol. The van der Waals surface area contributed by atoms with Crippen LogP contribution in [-0.2, 0) is 4.74 Å². The van der Waals surface area contributed by atoms with Gasteiger partial charge in [-0.2, -0.15) is 0 Å². The van der Waals surface area contributed by atoms with Crippen LogP contribution >= 0.6 is 24.8 Å². The lowest BCUT2D eigenvalue weighted by Gasteiger charge is -2.34. The Kier molecular flexibility index (Phi) is 7.47. The molecule has 0 amide bonds. The van der Waals surface area contributed by atoms with Crippen molar-refractivity contribution in [2.45, 2.75) is 38.3 Å². The number of rotatable bonds is 1. The Morgan fingerprint density at radius 1 is 1.42 bits per heavy atom. The summed E-state index contributed by atoms with van der Waals surface area (Å²) >= 11 is 0. The van der Waals surface area contributed by atoms with Gasteiger partial charge >= 0.3 is 0 Å².